The summed E-state index contributed by atoms with van der Waals surface area (Å²) in [6.07, 6.45) is 1.80. The highest BCUT2D eigenvalue weighted by Gasteiger charge is 2.21. The fourth-order valence-corrected chi connectivity index (χ4v) is 2.40. The quantitative estimate of drug-likeness (QED) is 0.937. The number of carbonyl (C=O) groups excluding carboxylic acids is 1. The predicted molar refractivity (Wildman–Crippen MR) is 86.2 cm³/mol. The molecular weight excluding hydrogens is 262 g/mol. The maximum absolute atomic E-state index is 12.7. The average molecular weight is 285 g/mol. The number of benzene rings is 1. The average Bonchev–Trinajstić information content (AvgIpc) is 2.86. The standard InChI is InChI=1S/C17H23N3O/c1-5-20-11-15(18)10-16(20)17(21)19(4)13(3)14-8-6-12(2)7-9-14/h6-11,13H,5,18H2,1-4H3. The molecule has 0 aliphatic carbocycles. The third-order valence-electron chi connectivity index (χ3n) is 3.94. The van der Waals surface area contributed by atoms with E-state index in [4.69, 9.17) is 5.73 Å². The van der Waals surface area contributed by atoms with Gasteiger partial charge in [-0.1, -0.05) is 29.8 Å². The van der Waals surface area contributed by atoms with Gasteiger partial charge in [0.25, 0.3) is 5.91 Å². The molecule has 2 rings (SSSR count). The molecule has 0 aliphatic rings. The van der Waals surface area contributed by atoms with Crippen molar-refractivity contribution in [2.24, 2.45) is 0 Å². The Morgan fingerprint density at radius 1 is 1.33 bits per heavy atom. The molecule has 1 heterocycles. The maximum atomic E-state index is 12.7. The first-order valence-corrected chi connectivity index (χ1v) is 7.23. The summed E-state index contributed by atoms with van der Waals surface area (Å²) in [5.74, 6) is -0.0124. The zero-order valence-corrected chi connectivity index (χ0v) is 13.1. The van der Waals surface area contributed by atoms with Crippen molar-refractivity contribution in [3.05, 3.63) is 53.3 Å². The van der Waals surface area contributed by atoms with Crippen molar-refractivity contribution in [2.75, 3.05) is 12.8 Å². The highest BCUT2D eigenvalue weighted by atomic mass is 16.2. The van der Waals surface area contributed by atoms with Crippen LogP contribution in [0.15, 0.2) is 36.5 Å². The summed E-state index contributed by atoms with van der Waals surface area (Å²) in [5.41, 5.74) is 9.40. The Morgan fingerprint density at radius 3 is 2.52 bits per heavy atom. The Labute approximate surface area is 126 Å². The van der Waals surface area contributed by atoms with Gasteiger partial charge < -0.3 is 15.2 Å². The number of amides is 1. The number of rotatable bonds is 4. The van der Waals surface area contributed by atoms with E-state index in [9.17, 15) is 4.79 Å². The number of nitrogen functional groups attached to an aromatic ring is 1. The second kappa shape index (κ2) is 6.04. The van der Waals surface area contributed by atoms with Crippen molar-refractivity contribution in [1.29, 1.82) is 0 Å². The third kappa shape index (κ3) is 3.10. The summed E-state index contributed by atoms with van der Waals surface area (Å²) in [4.78, 5) is 14.4. The van der Waals surface area contributed by atoms with Gasteiger partial charge in [-0.2, -0.15) is 0 Å². The van der Waals surface area contributed by atoms with Crippen LogP contribution in [-0.4, -0.2) is 22.4 Å². The molecule has 1 aromatic heterocycles. The number of aromatic nitrogens is 1. The van der Waals surface area contributed by atoms with Gasteiger partial charge in [-0.05, 0) is 32.4 Å². The zero-order valence-electron chi connectivity index (χ0n) is 13.1. The number of carbonyl (C=O) groups is 1. The smallest absolute Gasteiger partial charge is 0.270 e. The van der Waals surface area contributed by atoms with Crippen molar-refractivity contribution in [3.8, 4) is 0 Å². The van der Waals surface area contributed by atoms with Crippen molar-refractivity contribution in [1.82, 2.24) is 9.47 Å². The number of nitrogens with zero attached hydrogens (tertiary/aromatic N) is 2. The lowest BCUT2D eigenvalue weighted by Crippen LogP contribution is -2.31. The van der Waals surface area contributed by atoms with E-state index < -0.39 is 0 Å². The summed E-state index contributed by atoms with van der Waals surface area (Å²) in [6, 6.07) is 10.0. The number of hydrogen-bond donors (Lipinski definition) is 1. The molecule has 1 unspecified atom stereocenters. The number of hydrogen-bond acceptors (Lipinski definition) is 2. The fourth-order valence-electron chi connectivity index (χ4n) is 2.40. The third-order valence-corrected chi connectivity index (χ3v) is 3.94. The Hall–Kier alpha value is -2.23. The Balaban J connectivity index is 2.23. The minimum Gasteiger partial charge on any atom is -0.397 e. The van der Waals surface area contributed by atoms with Gasteiger partial charge in [0.05, 0.1) is 11.7 Å². The number of nitrogens with two attached hydrogens (primary N) is 1. The molecule has 112 valence electrons. The molecule has 0 radical (unpaired) electrons. The summed E-state index contributed by atoms with van der Waals surface area (Å²) in [6.45, 7) is 6.82. The molecule has 0 spiro atoms. The van der Waals surface area contributed by atoms with Crippen LogP contribution in [0.1, 0.15) is 41.5 Å². The summed E-state index contributed by atoms with van der Waals surface area (Å²) in [7, 11) is 1.83. The summed E-state index contributed by atoms with van der Waals surface area (Å²) >= 11 is 0. The molecule has 0 bridgehead atoms. The van der Waals surface area contributed by atoms with E-state index in [1.165, 1.54) is 5.56 Å². The largest absolute Gasteiger partial charge is 0.397 e. The van der Waals surface area contributed by atoms with E-state index in [0.717, 1.165) is 12.1 Å². The van der Waals surface area contributed by atoms with Crippen molar-refractivity contribution in [2.45, 2.75) is 33.4 Å². The van der Waals surface area contributed by atoms with Crippen LogP contribution in [-0.2, 0) is 6.54 Å². The normalized spacial score (nSPS) is 12.2. The van der Waals surface area contributed by atoms with E-state index in [-0.39, 0.29) is 11.9 Å². The van der Waals surface area contributed by atoms with Crippen LogP contribution in [0.5, 0.6) is 0 Å². The van der Waals surface area contributed by atoms with Gasteiger partial charge in [0.1, 0.15) is 5.69 Å². The van der Waals surface area contributed by atoms with Gasteiger partial charge in [-0.25, -0.2) is 0 Å². The van der Waals surface area contributed by atoms with Crippen LogP contribution in [0.25, 0.3) is 0 Å². The molecule has 0 saturated carbocycles. The maximum Gasteiger partial charge on any atom is 0.270 e. The monoisotopic (exact) mass is 285 g/mol. The predicted octanol–water partition coefficient (Wildman–Crippen LogP) is 3.23. The SMILES string of the molecule is CCn1cc(N)cc1C(=O)N(C)C(C)c1ccc(C)cc1. The molecule has 1 aromatic carbocycles. The summed E-state index contributed by atoms with van der Waals surface area (Å²) < 4.78 is 1.88. The van der Waals surface area contributed by atoms with Gasteiger partial charge in [0, 0.05) is 19.8 Å². The van der Waals surface area contributed by atoms with E-state index in [1.54, 1.807) is 17.2 Å². The second-order valence-electron chi connectivity index (χ2n) is 5.45. The van der Waals surface area contributed by atoms with Gasteiger partial charge >= 0.3 is 0 Å². The first kappa shape index (κ1) is 15.2. The zero-order chi connectivity index (χ0) is 15.6. The van der Waals surface area contributed by atoms with Crippen molar-refractivity contribution < 1.29 is 4.79 Å². The van der Waals surface area contributed by atoms with E-state index in [0.29, 0.717) is 11.4 Å². The molecule has 0 fully saturated rings. The molecule has 1 atom stereocenters. The Bertz CT molecular complexity index is 628. The van der Waals surface area contributed by atoms with Crippen LogP contribution in [0.3, 0.4) is 0 Å². The van der Waals surface area contributed by atoms with Crippen molar-refractivity contribution >= 4 is 11.6 Å². The van der Waals surface area contributed by atoms with Crippen molar-refractivity contribution in [3.63, 3.8) is 0 Å². The van der Waals surface area contributed by atoms with Crippen LogP contribution in [0, 0.1) is 6.92 Å². The first-order chi connectivity index (χ1) is 9.93. The Morgan fingerprint density at radius 2 is 1.95 bits per heavy atom. The molecule has 0 aliphatic heterocycles. The number of anilines is 1. The van der Waals surface area contributed by atoms with E-state index in [2.05, 4.69) is 31.2 Å². The molecule has 1 amide bonds. The van der Waals surface area contributed by atoms with Gasteiger partial charge in [-0.15, -0.1) is 0 Å². The van der Waals surface area contributed by atoms with Gasteiger partial charge in [0.15, 0.2) is 0 Å². The lowest BCUT2D eigenvalue weighted by Gasteiger charge is -2.26. The topological polar surface area (TPSA) is 51.3 Å². The molecule has 4 nitrogen and oxygen atoms in total. The molecular formula is C17H23N3O. The highest BCUT2D eigenvalue weighted by molar-refractivity contribution is 5.94. The second-order valence-corrected chi connectivity index (χ2v) is 5.45. The van der Waals surface area contributed by atoms with Crippen LogP contribution in [0.2, 0.25) is 0 Å². The molecule has 4 heteroatoms. The molecule has 21 heavy (non-hydrogen) atoms. The lowest BCUT2D eigenvalue weighted by molar-refractivity contribution is 0.0732. The molecule has 2 N–H and O–H groups in total. The molecule has 2 aromatic rings. The van der Waals surface area contributed by atoms with Crippen LogP contribution < -0.4 is 5.73 Å². The highest BCUT2D eigenvalue weighted by Crippen LogP contribution is 2.22. The van der Waals surface area contributed by atoms with Gasteiger partial charge in [-0.3, -0.25) is 4.79 Å². The first-order valence-electron chi connectivity index (χ1n) is 7.23. The Kier molecular flexibility index (Phi) is 4.36. The van der Waals surface area contributed by atoms with Crippen LogP contribution in [0.4, 0.5) is 5.69 Å². The minimum absolute atomic E-state index is 0.0124. The minimum atomic E-state index is -0.0124. The van der Waals surface area contributed by atoms with E-state index in [1.807, 2.05) is 25.5 Å². The van der Waals surface area contributed by atoms with E-state index >= 15 is 0 Å². The summed E-state index contributed by atoms with van der Waals surface area (Å²) in [5, 5.41) is 0. The van der Waals surface area contributed by atoms with Crippen LogP contribution >= 0.6 is 0 Å². The number of aryl methyl sites for hydroxylation is 2. The van der Waals surface area contributed by atoms with Gasteiger partial charge in [0.2, 0.25) is 0 Å². The molecule has 0 saturated heterocycles. The fraction of sp³-hybridized carbons (Fsp3) is 0.353. The lowest BCUT2D eigenvalue weighted by atomic mass is 10.1.